The Kier molecular flexibility index (Phi) is 3.41. The van der Waals surface area contributed by atoms with E-state index in [4.69, 9.17) is 0 Å². The molecule has 0 aliphatic carbocycles. The second-order valence-corrected chi connectivity index (χ2v) is 4.18. The van der Waals surface area contributed by atoms with Crippen molar-refractivity contribution in [1.82, 2.24) is 4.98 Å². The maximum Gasteiger partial charge on any atom is 0.228 e. The minimum Gasteiger partial charge on any atom is -0.287 e. The molecule has 1 heterocycles. The Balaban J connectivity index is 2.19. The smallest absolute Gasteiger partial charge is 0.228 e. The largest absolute Gasteiger partial charge is 0.287 e. The van der Waals surface area contributed by atoms with Gasteiger partial charge in [-0.3, -0.25) is 9.78 Å². The number of carbonyl (C=O) groups is 1. The van der Waals surface area contributed by atoms with Crippen LogP contribution in [0.1, 0.15) is 10.4 Å². The summed E-state index contributed by atoms with van der Waals surface area (Å²) >= 11 is 3.37. The third-order valence-electron chi connectivity index (χ3n) is 2.19. The molecule has 0 saturated heterocycles. The Labute approximate surface area is 102 Å². The topological polar surface area (TPSA) is 33.8 Å². The molecule has 3 nitrogen and oxygen atoms in total. The summed E-state index contributed by atoms with van der Waals surface area (Å²) in [6.45, 7) is 0.325. The number of halogens is 1. The molecule has 0 bridgehead atoms. The van der Waals surface area contributed by atoms with E-state index in [0.717, 1.165) is 4.47 Å². The molecule has 0 aliphatic rings. The number of benzene rings is 1. The molecule has 0 amide bonds. The summed E-state index contributed by atoms with van der Waals surface area (Å²) in [4.78, 5) is 15.9. The summed E-state index contributed by atoms with van der Waals surface area (Å²) in [5.74, 6) is 0.0728. The fraction of sp³-hybridized carbons (Fsp3) is 0.0833. The lowest BCUT2D eigenvalue weighted by Gasteiger charge is -2.00. The van der Waals surface area contributed by atoms with E-state index in [-0.39, 0.29) is 5.78 Å². The van der Waals surface area contributed by atoms with Crippen LogP contribution in [-0.2, 0) is 6.54 Å². The molecule has 0 N–H and O–H groups in total. The number of nitrogens with zero attached hydrogens (tertiary/aromatic N) is 2. The highest BCUT2D eigenvalue weighted by molar-refractivity contribution is 9.10. The van der Waals surface area contributed by atoms with Gasteiger partial charge in [-0.15, -0.1) is 0 Å². The minimum absolute atomic E-state index is 0.0728. The van der Waals surface area contributed by atoms with Crippen molar-refractivity contribution in [3.63, 3.8) is 0 Å². The first-order chi connectivity index (χ1) is 7.77. The van der Waals surface area contributed by atoms with Crippen LogP contribution in [0.3, 0.4) is 0 Å². The third-order valence-corrected chi connectivity index (χ3v) is 2.88. The van der Waals surface area contributed by atoms with Gasteiger partial charge in [-0.25, -0.2) is 0 Å². The van der Waals surface area contributed by atoms with Crippen molar-refractivity contribution in [1.29, 1.82) is 0 Å². The second-order valence-electron chi connectivity index (χ2n) is 3.32. The number of Topliss-reactive ketones (excluding diaryl/α,β-unsaturated/α-hetero) is 1. The van der Waals surface area contributed by atoms with Crippen molar-refractivity contribution < 1.29 is 9.36 Å². The van der Waals surface area contributed by atoms with Crippen molar-refractivity contribution in [2.75, 3.05) is 0 Å². The summed E-state index contributed by atoms with van der Waals surface area (Å²) in [5, 5.41) is 0. The van der Waals surface area contributed by atoms with Crippen molar-refractivity contribution in [3.8, 4) is 0 Å². The van der Waals surface area contributed by atoms with Crippen LogP contribution in [-0.4, -0.2) is 10.8 Å². The van der Waals surface area contributed by atoms with Crippen LogP contribution in [0.15, 0.2) is 53.5 Å². The van der Waals surface area contributed by atoms with Crippen molar-refractivity contribution in [2.45, 2.75) is 6.54 Å². The predicted molar refractivity (Wildman–Crippen MR) is 62.9 cm³/mol. The molecule has 0 unspecified atom stereocenters. The van der Waals surface area contributed by atoms with Crippen LogP contribution in [0.2, 0.25) is 0 Å². The molecule has 16 heavy (non-hydrogen) atoms. The summed E-state index contributed by atoms with van der Waals surface area (Å²) in [6.07, 6.45) is 6.87. The Hall–Kier alpha value is -1.55. The first-order valence-corrected chi connectivity index (χ1v) is 5.63. The quantitative estimate of drug-likeness (QED) is 0.635. The zero-order chi connectivity index (χ0) is 11.4. The van der Waals surface area contributed by atoms with E-state index < -0.39 is 0 Å². The van der Waals surface area contributed by atoms with Crippen molar-refractivity contribution in [3.05, 3.63) is 59.1 Å². The van der Waals surface area contributed by atoms with Gasteiger partial charge in [0.2, 0.25) is 12.3 Å². The number of carbonyl (C=O) groups excluding carboxylic acids is 1. The third kappa shape index (κ3) is 2.52. The zero-order valence-electron chi connectivity index (χ0n) is 8.51. The van der Waals surface area contributed by atoms with E-state index in [9.17, 15) is 4.79 Å². The molecule has 0 radical (unpaired) electrons. The van der Waals surface area contributed by atoms with Gasteiger partial charge in [0.05, 0.1) is 12.4 Å². The molecular formula is C12H10BrN2O+. The Morgan fingerprint density at radius 1 is 1.25 bits per heavy atom. The Bertz CT molecular complexity index is 499. The molecule has 4 heteroatoms. The first-order valence-electron chi connectivity index (χ1n) is 4.84. The molecule has 0 atom stereocenters. The number of ketones is 1. The molecule has 2 aromatic rings. The van der Waals surface area contributed by atoms with Crippen LogP contribution in [0.4, 0.5) is 0 Å². The van der Waals surface area contributed by atoms with E-state index in [1.54, 1.807) is 29.4 Å². The number of hydrogen-bond donors (Lipinski definition) is 0. The first kappa shape index (κ1) is 11.0. The van der Waals surface area contributed by atoms with Gasteiger partial charge in [0.1, 0.15) is 0 Å². The van der Waals surface area contributed by atoms with Gasteiger partial charge in [0.25, 0.3) is 0 Å². The van der Waals surface area contributed by atoms with E-state index in [0.29, 0.717) is 12.1 Å². The maximum atomic E-state index is 12.0. The van der Waals surface area contributed by atoms with Crippen LogP contribution < -0.4 is 4.57 Å². The Morgan fingerprint density at radius 2 is 1.94 bits per heavy atom. The highest BCUT2D eigenvalue weighted by Crippen LogP contribution is 2.16. The molecule has 80 valence electrons. The molecule has 1 aromatic heterocycles. The van der Waals surface area contributed by atoms with E-state index >= 15 is 0 Å². The highest BCUT2D eigenvalue weighted by Gasteiger charge is 2.13. The van der Waals surface area contributed by atoms with Crippen LogP contribution >= 0.6 is 15.9 Å². The molecule has 0 saturated carbocycles. The average molecular weight is 278 g/mol. The number of aromatic nitrogens is 2. The molecule has 0 spiro atoms. The van der Waals surface area contributed by atoms with E-state index in [1.807, 2.05) is 24.3 Å². The predicted octanol–water partition coefficient (Wildman–Crippen LogP) is 2.01. The lowest BCUT2D eigenvalue weighted by atomic mass is 10.1. The maximum absolute atomic E-state index is 12.0. The summed E-state index contributed by atoms with van der Waals surface area (Å²) in [6, 6.07) is 7.42. The summed E-state index contributed by atoms with van der Waals surface area (Å²) in [5.41, 5.74) is 0.701. The second kappa shape index (κ2) is 4.99. The molecular weight excluding hydrogens is 268 g/mol. The summed E-state index contributed by atoms with van der Waals surface area (Å²) < 4.78 is 2.63. The van der Waals surface area contributed by atoms with E-state index in [1.165, 1.54) is 0 Å². The lowest BCUT2D eigenvalue weighted by molar-refractivity contribution is -0.683. The van der Waals surface area contributed by atoms with Crippen LogP contribution in [0.5, 0.6) is 0 Å². The van der Waals surface area contributed by atoms with Crippen LogP contribution in [0, 0.1) is 0 Å². The summed E-state index contributed by atoms with van der Waals surface area (Å²) in [7, 11) is 0. The SMILES string of the molecule is O=C(C[n+]1ccncc1)c1ccccc1Br. The highest BCUT2D eigenvalue weighted by atomic mass is 79.9. The van der Waals surface area contributed by atoms with Gasteiger partial charge in [-0.1, -0.05) is 34.1 Å². The zero-order valence-corrected chi connectivity index (χ0v) is 10.1. The monoisotopic (exact) mass is 277 g/mol. The lowest BCUT2D eigenvalue weighted by Crippen LogP contribution is -2.37. The standard InChI is InChI=1S/C12H10BrN2O/c13-11-4-2-1-3-10(11)12(16)9-15-7-5-14-6-8-15/h1-8H,9H2/q+1. The Morgan fingerprint density at radius 3 is 2.62 bits per heavy atom. The molecule has 0 aliphatic heterocycles. The number of rotatable bonds is 3. The fourth-order valence-electron chi connectivity index (χ4n) is 1.39. The van der Waals surface area contributed by atoms with Crippen molar-refractivity contribution in [2.24, 2.45) is 0 Å². The average Bonchev–Trinajstić information content (AvgIpc) is 2.31. The van der Waals surface area contributed by atoms with Gasteiger partial charge in [-0.05, 0) is 6.07 Å². The number of hydrogen-bond acceptors (Lipinski definition) is 2. The van der Waals surface area contributed by atoms with Gasteiger partial charge < -0.3 is 0 Å². The van der Waals surface area contributed by atoms with Crippen molar-refractivity contribution >= 4 is 21.7 Å². The normalized spacial score (nSPS) is 10.1. The van der Waals surface area contributed by atoms with Gasteiger partial charge in [0.15, 0.2) is 12.4 Å². The van der Waals surface area contributed by atoms with Gasteiger partial charge in [0, 0.05) is 10.0 Å². The molecule has 0 fully saturated rings. The van der Waals surface area contributed by atoms with E-state index in [2.05, 4.69) is 20.9 Å². The van der Waals surface area contributed by atoms with Gasteiger partial charge in [-0.2, -0.15) is 4.57 Å². The fourth-order valence-corrected chi connectivity index (χ4v) is 1.90. The van der Waals surface area contributed by atoms with Crippen LogP contribution in [0.25, 0.3) is 0 Å². The molecule has 1 aromatic carbocycles. The molecule has 2 rings (SSSR count). The van der Waals surface area contributed by atoms with Gasteiger partial charge >= 0.3 is 0 Å². The minimum atomic E-state index is 0.0728.